The number of hydrogen-bond donors (Lipinski definition) is 2. The zero-order valence-electron chi connectivity index (χ0n) is 13.9. The Kier molecular flexibility index (Phi) is 3.12. The van der Waals surface area contributed by atoms with Crippen LogP contribution in [0.4, 0.5) is 4.39 Å². The molecule has 134 valence electrons. The van der Waals surface area contributed by atoms with Crippen LogP contribution in [0.2, 0.25) is 0 Å². The van der Waals surface area contributed by atoms with Gasteiger partial charge in [0.15, 0.2) is 17.1 Å². The second kappa shape index (κ2) is 5.41. The van der Waals surface area contributed by atoms with E-state index in [0.717, 1.165) is 11.6 Å². The van der Waals surface area contributed by atoms with E-state index in [4.69, 9.17) is 15.2 Å². The van der Waals surface area contributed by atoms with Gasteiger partial charge in [0.05, 0.1) is 11.9 Å². The highest BCUT2D eigenvalue weighted by Crippen LogP contribution is 2.53. The van der Waals surface area contributed by atoms with Crippen LogP contribution in [0.15, 0.2) is 53.9 Å². The molecule has 7 nitrogen and oxygen atoms in total. The molecule has 5 rings (SSSR count). The fraction of sp³-hybridized carbons (Fsp3) is 0.105. The van der Waals surface area contributed by atoms with Gasteiger partial charge in [0.1, 0.15) is 18.1 Å². The molecule has 0 radical (unpaired) electrons. The second-order valence-electron chi connectivity index (χ2n) is 6.31. The number of aliphatic imine (C=N–C) groups is 1. The van der Waals surface area contributed by atoms with Crippen LogP contribution >= 0.6 is 0 Å². The van der Waals surface area contributed by atoms with Gasteiger partial charge in [-0.2, -0.15) is 0 Å². The van der Waals surface area contributed by atoms with E-state index >= 15 is 0 Å². The van der Waals surface area contributed by atoms with Crippen LogP contribution in [-0.2, 0) is 10.3 Å². The minimum atomic E-state index is -1.12. The molecule has 2 aliphatic heterocycles. The van der Waals surface area contributed by atoms with Gasteiger partial charge in [-0.15, -0.1) is 0 Å². The lowest BCUT2D eigenvalue weighted by Crippen LogP contribution is -2.31. The fourth-order valence-corrected chi connectivity index (χ4v) is 3.50. The van der Waals surface area contributed by atoms with Crippen molar-refractivity contribution >= 4 is 6.02 Å². The van der Waals surface area contributed by atoms with Gasteiger partial charge in [0.25, 0.3) is 6.02 Å². The lowest BCUT2D eigenvalue weighted by molar-refractivity contribution is 0.261. The lowest BCUT2D eigenvalue weighted by Gasteiger charge is -2.33. The Balaban J connectivity index is 1.78. The minimum absolute atomic E-state index is 0.00500. The van der Waals surface area contributed by atoms with Crippen LogP contribution in [0, 0.1) is 5.82 Å². The number of amidine groups is 1. The number of ether oxygens (including phenoxy) is 2. The minimum Gasteiger partial charge on any atom is -0.508 e. The molecule has 0 fully saturated rings. The summed E-state index contributed by atoms with van der Waals surface area (Å²) in [6, 6.07) is 7.78. The molecule has 0 saturated heterocycles. The smallest absolute Gasteiger partial charge is 0.283 e. The summed E-state index contributed by atoms with van der Waals surface area (Å²) in [6.07, 6.45) is 4.82. The van der Waals surface area contributed by atoms with Crippen molar-refractivity contribution in [2.45, 2.75) is 5.54 Å². The summed E-state index contributed by atoms with van der Waals surface area (Å²) in [7, 11) is 0. The third-order valence-electron chi connectivity index (χ3n) is 4.70. The predicted octanol–water partition coefficient (Wildman–Crippen LogP) is 2.68. The molecule has 1 spiro atoms. The summed E-state index contributed by atoms with van der Waals surface area (Å²) in [5.41, 5.74) is 7.11. The molecule has 3 aromatic rings. The number of hydrogen-bond acceptors (Lipinski definition) is 7. The van der Waals surface area contributed by atoms with Crippen LogP contribution in [0.1, 0.15) is 11.1 Å². The summed E-state index contributed by atoms with van der Waals surface area (Å²) >= 11 is 0. The maximum Gasteiger partial charge on any atom is 0.283 e. The zero-order chi connectivity index (χ0) is 18.6. The molecule has 27 heavy (non-hydrogen) atoms. The van der Waals surface area contributed by atoms with Crippen LogP contribution in [0.25, 0.3) is 11.3 Å². The van der Waals surface area contributed by atoms with Crippen molar-refractivity contribution in [1.82, 2.24) is 9.97 Å². The molecule has 2 aliphatic rings. The van der Waals surface area contributed by atoms with E-state index in [9.17, 15) is 9.50 Å². The van der Waals surface area contributed by atoms with E-state index in [0.29, 0.717) is 22.6 Å². The molecule has 1 aromatic heterocycles. The Bertz CT molecular complexity index is 1100. The highest BCUT2D eigenvalue weighted by Gasteiger charge is 2.48. The molecular formula is C19H13FN4O3. The molecule has 0 aliphatic carbocycles. The molecule has 0 amide bonds. The molecule has 1 atom stereocenters. The van der Waals surface area contributed by atoms with Gasteiger partial charge in [-0.3, -0.25) is 9.97 Å². The number of aromatic hydroxyl groups is 1. The summed E-state index contributed by atoms with van der Waals surface area (Å²) in [4.78, 5) is 12.8. The summed E-state index contributed by atoms with van der Waals surface area (Å²) in [5, 5.41) is 9.92. The van der Waals surface area contributed by atoms with E-state index in [-0.39, 0.29) is 24.1 Å². The summed E-state index contributed by atoms with van der Waals surface area (Å²) < 4.78 is 25.7. The first-order valence-electron chi connectivity index (χ1n) is 8.17. The van der Waals surface area contributed by atoms with Gasteiger partial charge in [-0.25, -0.2) is 9.38 Å². The number of nitrogens with zero attached hydrogens (tertiary/aromatic N) is 3. The third-order valence-corrected chi connectivity index (χ3v) is 4.70. The summed E-state index contributed by atoms with van der Waals surface area (Å²) in [5.74, 6) is -0.492. The quantitative estimate of drug-likeness (QED) is 0.688. The molecule has 1 unspecified atom stereocenters. The van der Waals surface area contributed by atoms with Crippen molar-refractivity contribution in [3.05, 3.63) is 65.9 Å². The lowest BCUT2D eigenvalue weighted by atomic mass is 9.80. The Morgan fingerprint density at radius 3 is 2.78 bits per heavy atom. The first-order valence-corrected chi connectivity index (χ1v) is 8.17. The van der Waals surface area contributed by atoms with Crippen molar-refractivity contribution in [3.63, 3.8) is 0 Å². The van der Waals surface area contributed by atoms with Crippen LogP contribution in [0.5, 0.6) is 17.2 Å². The predicted molar refractivity (Wildman–Crippen MR) is 94.0 cm³/mol. The van der Waals surface area contributed by atoms with E-state index < -0.39 is 11.4 Å². The van der Waals surface area contributed by atoms with E-state index in [1.54, 1.807) is 24.7 Å². The Morgan fingerprint density at radius 1 is 1.15 bits per heavy atom. The van der Waals surface area contributed by atoms with Gasteiger partial charge in [-0.1, -0.05) is 0 Å². The molecular weight excluding hydrogens is 351 g/mol. The first kappa shape index (κ1) is 15.6. The van der Waals surface area contributed by atoms with E-state index in [1.165, 1.54) is 6.07 Å². The zero-order valence-corrected chi connectivity index (χ0v) is 13.9. The van der Waals surface area contributed by atoms with Gasteiger partial charge in [0, 0.05) is 35.2 Å². The van der Waals surface area contributed by atoms with Gasteiger partial charge in [-0.05, 0) is 24.3 Å². The maximum absolute atomic E-state index is 14.5. The normalized spacial score (nSPS) is 19.7. The molecule has 3 heterocycles. The highest BCUT2D eigenvalue weighted by molar-refractivity contribution is 5.77. The molecule has 3 N–H and O–H groups in total. The van der Waals surface area contributed by atoms with Crippen molar-refractivity contribution in [2.24, 2.45) is 10.7 Å². The van der Waals surface area contributed by atoms with Crippen molar-refractivity contribution in [2.75, 3.05) is 6.61 Å². The van der Waals surface area contributed by atoms with Gasteiger partial charge < -0.3 is 20.3 Å². The number of phenols is 1. The van der Waals surface area contributed by atoms with Crippen molar-refractivity contribution in [1.29, 1.82) is 0 Å². The van der Waals surface area contributed by atoms with Crippen LogP contribution in [-0.4, -0.2) is 27.7 Å². The van der Waals surface area contributed by atoms with E-state index in [2.05, 4.69) is 15.0 Å². The van der Waals surface area contributed by atoms with Gasteiger partial charge >= 0.3 is 0 Å². The largest absolute Gasteiger partial charge is 0.508 e. The SMILES string of the molecule is NC1=NC2(CO1)c1cc(-c3cnccn3)ccc1Oc1c(F)cc(O)cc12. The monoisotopic (exact) mass is 364 g/mol. The summed E-state index contributed by atoms with van der Waals surface area (Å²) in [6.45, 7) is 0.0645. The Hall–Kier alpha value is -3.68. The second-order valence-corrected chi connectivity index (χ2v) is 6.31. The van der Waals surface area contributed by atoms with Crippen molar-refractivity contribution < 1.29 is 19.0 Å². The molecule has 0 saturated carbocycles. The standard InChI is InChI=1S/C19H13FN4O3/c20-14-7-11(25)6-13-17(14)27-16-2-1-10(15-8-22-3-4-23-15)5-12(16)19(13)9-26-18(21)24-19/h1-8,25H,9H2,(H2,21,24). The molecule has 2 aromatic carbocycles. The van der Waals surface area contributed by atoms with Crippen LogP contribution in [0.3, 0.4) is 0 Å². The number of phenolic OH excluding ortho intramolecular Hbond substituents is 1. The number of aromatic nitrogens is 2. The Labute approximate surface area is 152 Å². The maximum atomic E-state index is 14.5. The molecule has 8 heteroatoms. The molecule has 0 bridgehead atoms. The average Bonchev–Trinajstić information content (AvgIpc) is 3.06. The highest BCUT2D eigenvalue weighted by atomic mass is 19.1. The Morgan fingerprint density at radius 2 is 2.04 bits per heavy atom. The first-order chi connectivity index (χ1) is 13.1. The number of halogens is 1. The topological polar surface area (TPSA) is 103 Å². The van der Waals surface area contributed by atoms with Gasteiger partial charge in [0.2, 0.25) is 0 Å². The number of nitrogens with two attached hydrogens (primary N) is 1. The fourth-order valence-electron chi connectivity index (χ4n) is 3.50. The van der Waals surface area contributed by atoms with E-state index in [1.807, 2.05) is 12.1 Å². The number of rotatable bonds is 1. The third kappa shape index (κ3) is 2.23. The number of benzene rings is 2. The number of fused-ring (bicyclic) bond motifs is 4. The van der Waals surface area contributed by atoms with Crippen LogP contribution < -0.4 is 10.5 Å². The average molecular weight is 364 g/mol. The van der Waals surface area contributed by atoms with Crippen molar-refractivity contribution in [3.8, 4) is 28.5 Å².